The molecule has 0 bridgehead atoms. The van der Waals surface area contributed by atoms with Crippen molar-refractivity contribution in [2.75, 3.05) is 36.8 Å². The maximum Gasteiger partial charge on any atom is 0.0753 e. The molecule has 1 aromatic heterocycles. The molecule has 0 unspecified atom stereocenters. The normalized spacial score (nSPS) is 16.6. The molecule has 0 atom stereocenters. The highest BCUT2D eigenvalue weighted by Gasteiger charge is 2.18. The number of benzene rings is 1. The largest absolute Gasteiger partial charge is 0.399 e. The van der Waals surface area contributed by atoms with Gasteiger partial charge < -0.3 is 10.6 Å². The molecule has 2 heterocycles. The first-order valence-corrected chi connectivity index (χ1v) is 7.01. The van der Waals surface area contributed by atoms with Gasteiger partial charge in [0.1, 0.15) is 0 Å². The third kappa shape index (κ3) is 2.93. The summed E-state index contributed by atoms with van der Waals surface area (Å²) in [6.45, 7) is 5.22. The van der Waals surface area contributed by atoms with E-state index in [0.29, 0.717) is 0 Å². The molecule has 5 heteroatoms. The zero-order valence-corrected chi connectivity index (χ0v) is 11.9. The fraction of sp³-hybridized carbons (Fsp3) is 0.400. The highest BCUT2D eigenvalue weighted by Crippen LogP contribution is 2.16. The van der Waals surface area contributed by atoms with Gasteiger partial charge in [-0.05, 0) is 17.7 Å². The standard InChI is InChI=1S/C15H21N5/c1-18-12-15(10-17-18)20-7-5-19(6-8-20)11-13-3-2-4-14(16)9-13/h2-4,9-10,12H,5-8,11,16H2,1H3. The number of anilines is 2. The van der Waals surface area contributed by atoms with Gasteiger partial charge in [-0.2, -0.15) is 5.10 Å². The Morgan fingerprint density at radius 1 is 1.20 bits per heavy atom. The lowest BCUT2D eigenvalue weighted by Gasteiger charge is -2.35. The van der Waals surface area contributed by atoms with Crippen molar-refractivity contribution in [2.24, 2.45) is 7.05 Å². The van der Waals surface area contributed by atoms with E-state index >= 15 is 0 Å². The molecule has 0 aliphatic carbocycles. The van der Waals surface area contributed by atoms with Crippen LogP contribution < -0.4 is 10.6 Å². The van der Waals surface area contributed by atoms with Crippen LogP contribution in [-0.2, 0) is 13.6 Å². The smallest absolute Gasteiger partial charge is 0.0753 e. The third-order valence-electron chi connectivity index (χ3n) is 3.79. The average Bonchev–Trinajstić information content (AvgIpc) is 2.86. The topological polar surface area (TPSA) is 50.3 Å². The van der Waals surface area contributed by atoms with Crippen LogP contribution in [-0.4, -0.2) is 40.9 Å². The first kappa shape index (κ1) is 13.0. The van der Waals surface area contributed by atoms with Crippen molar-refractivity contribution in [3.8, 4) is 0 Å². The lowest BCUT2D eigenvalue weighted by atomic mass is 10.1. The molecule has 106 valence electrons. The van der Waals surface area contributed by atoms with E-state index in [2.05, 4.69) is 33.2 Å². The molecule has 3 rings (SSSR count). The van der Waals surface area contributed by atoms with Crippen molar-refractivity contribution in [1.29, 1.82) is 0 Å². The first-order chi connectivity index (χ1) is 9.70. The van der Waals surface area contributed by atoms with Gasteiger partial charge in [0, 0.05) is 51.7 Å². The maximum atomic E-state index is 5.83. The minimum absolute atomic E-state index is 0.844. The molecule has 1 aromatic carbocycles. The van der Waals surface area contributed by atoms with Gasteiger partial charge in [-0.3, -0.25) is 9.58 Å². The predicted molar refractivity (Wildman–Crippen MR) is 81.6 cm³/mol. The van der Waals surface area contributed by atoms with E-state index in [4.69, 9.17) is 5.73 Å². The number of nitrogen functional groups attached to an aromatic ring is 1. The van der Waals surface area contributed by atoms with E-state index in [1.54, 1.807) is 0 Å². The summed E-state index contributed by atoms with van der Waals surface area (Å²) in [7, 11) is 1.96. The van der Waals surface area contributed by atoms with Gasteiger partial charge in [-0.15, -0.1) is 0 Å². The zero-order chi connectivity index (χ0) is 13.9. The fourth-order valence-corrected chi connectivity index (χ4v) is 2.69. The highest BCUT2D eigenvalue weighted by atomic mass is 15.3. The number of aryl methyl sites for hydroxylation is 1. The average molecular weight is 271 g/mol. The number of rotatable bonds is 3. The number of hydrogen-bond donors (Lipinski definition) is 1. The molecule has 5 nitrogen and oxygen atoms in total. The summed E-state index contributed by atoms with van der Waals surface area (Å²) < 4.78 is 1.86. The Morgan fingerprint density at radius 2 is 2.00 bits per heavy atom. The van der Waals surface area contributed by atoms with E-state index in [1.165, 1.54) is 11.3 Å². The van der Waals surface area contributed by atoms with Crippen LogP contribution in [0, 0.1) is 0 Å². The second-order valence-electron chi connectivity index (χ2n) is 5.38. The highest BCUT2D eigenvalue weighted by molar-refractivity contribution is 5.43. The molecule has 0 radical (unpaired) electrons. The van der Waals surface area contributed by atoms with Crippen LogP contribution in [0.25, 0.3) is 0 Å². The van der Waals surface area contributed by atoms with E-state index in [-0.39, 0.29) is 0 Å². The SMILES string of the molecule is Cn1cc(N2CCN(Cc3cccc(N)c3)CC2)cn1. The minimum atomic E-state index is 0.844. The van der Waals surface area contributed by atoms with E-state index in [1.807, 2.05) is 30.1 Å². The summed E-state index contributed by atoms with van der Waals surface area (Å²) in [5, 5.41) is 4.24. The van der Waals surface area contributed by atoms with Crippen LogP contribution in [0.1, 0.15) is 5.56 Å². The summed E-state index contributed by atoms with van der Waals surface area (Å²) in [5.74, 6) is 0. The van der Waals surface area contributed by atoms with Crippen LogP contribution in [0.3, 0.4) is 0 Å². The van der Waals surface area contributed by atoms with Crippen molar-refractivity contribution in [2.45, 2.75) is 6.54 Å². The van der Waals surface area contributed by atoms with Crippen LogP contribution in [0.4, 0.5) is 11.4 Å². The molecule has 2 aromatic rings. The second-order valence-corrected chi connectivity index (χ2v) is 5.38. The number of nitrogens with zero attached hydrogens (tertiary/aromatic N) is 4. The summed E-state index contributed by atoms with van der Waals surface area (Å²) in [4.78, 5) is 4.87. The van der Waals surface area contributed by atoms with Gasteiger partial charge in [0.2, 0.25) is 0 Å². The second kappa shape index (κ2) is 5.54. The molecule has 2 N–H and O–H groups in total. The monoisotopic (exact) mass is 271 g/mol. The Bertz CT molecular complexity index is 569. The van der Waals surface area contributed by atoms with Crippen LogP contribution in [0.15, 0.2) is 36.7 Å². The van der Waals surface area contributed by atoms with Gasteiger partial charge in [0.25, 0.3) is 0 Å². The molecule has 1 aliphatic rings. The predicted octanol–water partition coefficient (Wildman–Crippen LogP) is 1.32. The van der Waals surface area contributed by atoms with Gasteiger partial charge in [-0.25, -0.2) is 0 Å². The van der Waals surface area contributed by atoms with Crippen LogP contribution >= 0.6 is 0 Å². The molecule has 0 amide bonds. The number of piperazine rings is 1. The lowest BCUT2D eigenvalue weighted by Crippen LogP contribution is -2.45. The maximum absolute atomic E-state index is 5.83. The van der Waals surface area contributed by atoms with E-state index in [0.717, 1.165) is 38.4 Å². The third-order valence-corrected chi connectivity index (χ3v) is 3.79. The summed E-state index contributed by atoms with van der Waals surface area (Å²) in [5.41, 5.74) is 9.18. The van der Waals surface area contributed by atoms with Gasteiger partial charge in [-0.1, -0.05) is 12.1 Å². The fourth-order valence-electron chi connectivity index (χ4n) is 2.69. The molecule has 20 heavy (non-hydrogen) atoms. The van der Waals surface area contributed by atoms with Crippen LogP contribution in [0.2, 0.25) is 0 Å². The Morgan fingerprint density at radius 3 is 2.65 bits per heavy atom. The number of aromatic nitrogens is 2. The van der Waals surface area contributed by atoms with Gasteiger partial charge in [0.15, 0.2) is 0 Å². The molecule has 1 fully saturated rings. The van der Waals surface area contributed by atoms with Crippen molar-refractivity contribution in [3.05, 3.63) is 42.2 Å². The molecule has 1 aliphatic heterocycles. The van der Waals surface area contributed by atoms with Crippen LogP contribution in [0.5, 0.6) is 0 Å². The van der Waals surface area contributed by atoms with E-state index < -0.39 is 0 Å². The Balaban J connectivity index is 1.56. The molecular weight excluding hydrogens is 250 g/mol. The quantitative estimate of drug-likeness (QED) is 0.856. The molecule has 0 spiro atoms. The van der Waals surface area contributed by atoms with Crippen molar-refractivity contribution < 1.29 is 0 Å². The first-order valence-electron chi connectivity index (χ1n) is 7.01. The molecule has 1 saturated heterocycles. The summed E-state index contributed by atoms with van der Waals surface area (Å²) in [6, 6.07) is 8.16. The zero-order valence-electron chi connectivity index (χ0n) is 11.9. The van der Waals surface area contributed by atoms with Crippen molar-refractivity contribution >= 4 is 11.4 Å². The minimum Gasteiger partial charge on any atom is -0.399 e. The Kier molecular flexibility index (Phi) is 3.60. The number of hydrogen-bond acceptors (Lipinski definition) is 4. The van der Waals surface area contributed by atoms with E-state index in [9.17, 15) is 0 Å². The van der Waals surface area contributed by atoms with Gasteiger partial charge in [0.05, 0.1) is 11.9 Å². The Hall–Kier alpha value is -2.01. The Labute approximate surface area is 119 Å². The van der Waals surface area contributed by atoms with Gasteiger partial charge >= 0.3 is 0 Å². The van der Waals surface area contributed by atoms with Crippen molar-refractivity contribution in [3.63, 3.8) is 0 Å². The molecular formula is C15H21N5. The number of nitrogens with two attached hydrogens (primary N) is 1. The summed E-state index contributed by atoms with van der Waals surface area (Å²) in [6.07, 6.45) is 4.01. The molecule has 0 saturated carbocycles. The lowest BCUT2D eigenvalue weighted by molar-refractivity contribution is 0.250. The summed E-state index contributed by atoms with van der Waals surface area (Å²) >= 11 is 0. The van der Waals surface area contributed by atoms with Crippen molar-refractivity contribution in [1.82, 2.24) is 14.7 Å².